The van der Waals surface area contributed by atoms with Crippen LogP contribution in [0.5, 0.6) is 5.88 Å². The summed E-state index contributed by atoms with van der Waals surface area (Å²) in [4.78, 5) is 14.1. The predicted octanol–water partition coefficient (Wildman–Crippen LogP) is 2.56. The zero-order valence-electron chi connectivity index (χ0n) is 13.2. The van der Waals surface area contributed by atoms with Gasteiger partial charge >= 0.3 is 0 Å². The van der Waals surface area contributed by atoms with E-state index in [1.54, 1.807) is 24.6 Å². The van der Waals surface area contributed by atoms with E-state index in [2.05, 4.69) is 10.4 Å². The number of methoxy groups -OCH3 is 1. The molecule has 6 nitrogen and oxygen atoms in total. The molecule has 1 amide bonds. The predicted molar refractivity (Wildman–Crippen MR) is 93.6 cm³/mol. The highest BCUT2D eigenvalue weighted by Crippen LogP contribution is 2.29. The van der Waals surface area contributed by atoms with Crippen LogP contribution in [-0.2, 0) is 13.6 Å². The molecule has 3 heterocycles. The maximum atomic E-state index is 12.3. The van der Waals surface area contributed by atoms with Gasteiger partial charge in [0.2, 0.25) is 5.88 Å². The zero-order chi connectivity index (χ0) is 17.1. The molecule has 8 heteroatoms. The molecule has 0 bridgehead atoms. The Bertz CT molecular complexity index is 824. The largest absolute Gasteiger partial charge is 0.479 e. The number of hydrogen-bond acceptors (Lipinski definition) is 6. The second kappa shape index (κ2) is 7.16. The van der Waals surface area contributed by atoms with Crippen molar-refractivity contribution in [2.75, 3.05) is 7.11 Å². The van der Waals surface area contributed by atoms with Crippen molar-refractivity contribution in [2.24, 2.45) is 7.05 Å². The van der Waals surface area contributed by atoms with E-state index in [9.17, 15) is 9.90 Å². The fraction of sp³-hybridized carbons (Fsp3) is 0.250. The number of nitrogens with zero attached hydrogens (tertiary/aromatic N) is 2. The first-order valence-electron chi connectivity index (χ1n) is 7.23. The number of aliphatic hydroxyl groups excluding tert-OH is 1. The lowest BCUT2D eigenvalue weighted by atomic mass is 10.2. The molecule has 0 radical (unpaired) electrons. The first-order valence-corrected chi connectivity index (χ1v) is 8.99. The van der Waals surface area contributed by atoms with Gasteiger partial charge in [-0.3, -0.25) is 9.48 Å². The summed E-state index contributed by atoms with van der Waals surface area (Å²) in [6, 6.07) is 5.71. The zero-order valence-corrected chi connectivity index (χ0v) is 14.9. The number of aryl methyl sites for hydroxylation is 1. The fourth-order valence-electron chi connectivity index (χ4n) is 2.27. The number of rotatable bonds is 6. The number of aromatic nitrogens is 2. The average Bonchev–Trinajstić information content (AvgIpc) is 3.31. The summed E-state index contributed by atoms with van der Waals surface area (Å²) in [5.41, 5.74) is 1.28. The third-order valence-electron chi connectivity index (χ3n) is 3.47. The molecule has 1 unspecified atom stereocenters. The fourth-order valence-corrected chi connectivity index (χ4v) is 3.91. The number of nitrogens with one attached hydrogen (secondary N) is 1. The molecule has 3 aromatic rings. The van der Waals surface area contributed by atoms with Crippen LogP contribution in [0, 0.1) is 0 Å². The normalized spacial score (nSPS) is 12.1. The van der Waals surface area contributed by atoms with Gasteiger partial charge in [-0.05, 0) is 34.5 Å². The third kappa shape index (κ3) is 3.50. The van der Waals surface area contributed by atoms with Crippen molar-refractivity contribution in [3.8, 4) is 5.88 Å². The lowest BCUT2D eigenvalue weighted by molar-refractivity contribution is 0.0948. The summed E-state index contributed by atoms with van der Waals surface area (Å²) in [5.74, 6) is 0.0584. The van der Waals surface area contributed by atoms with E-state index in [4.69, 9.17) is 4.74 Å². The molecule has 0 aliphatic rings. The molecule has 0 aliphatic heterocycles. The summed E-state index contributed by atoms with van der Waals surface area (Å²) < 4.78 is 6.63. The van der Waals surface area contributed by atoms with Crippen LogP contribution in [0.15, 0.2) is 35.2 Å². The van der Waals surface area contributed by atoms with Crippen LogP contribution < -0.4 is 10.1 Å². The Balaban J connectivity index is 1.64. The van der Waals surface area contributed by atoms with E-state index in [1.165, 1.54) is 23.1 Å². The standard InChI is InChI=1S/C16H17N3O3S2/c1-19-8-12(16(18-19)22-2)15(21)17-7-11-3-4-13(24-11)14(20)10-5-6-23-9-10/h3-6,8-9,14,20H,7H2,1-2H3,(H,17,21). The molecule has 0 fully saturated rings. The van der Waals surface area contributed by atoms with Crippen LogP contribution in [0.1, 0.15) is 31.8 Å². The van der Waals surface area contributed by atoms with E-state index < -0.39 is 6.10 Å². The summed E-state index contributed by atoms with van der Waals surface area (Å²) in [7, 11) is 3.22. The summed E-state index contributed by atoms with van der Waals surface area (Å²) in [5, 5.41) is 21.1. The lowest BCUT2D eigenvalue weighted by Crippen LogP contribution is -2.22. The number of thiophene rings is 2. The highest BCUT2D eigenvalue weighted by molar-refractivity contribution is 7.12. The Morgan fingerprint density at radius 1 is 1.46 bits per heavy atom. The van der Waals surface area contributed by atoms with Crippen molar-refractivity contribution < 1.29 is 14.6 Å². The molecular weight excluding hydrogens is 346 g/mol. The molecule has 0 aromatic carbocycles. The van der Waals surface area contributed by atoms with Crippen molar-refractivity contribution in [2.45, 2.75) is 12.6 Å². The van der Waals surface area contributed by atoms with Gasteiger partial charge in [0, 0.05) is 23.0 Å². The molecule has 0 saturated carbocycles. The molecule has 1 atom stereocenters. The topological polar surface area (TPSA) is 76.4 Å². The minimum atomic E-state index is -0.621. The maximum absolute atomic E-state index is 12.3. The number of ether oxygens (including phenoxy) is 1. The minimum Gasteiger partial charge on any atom is -0.479 e. The molecule has 0 aliphatic carbocycles. The van der Waals surface area contributed by atoms with Gasteiger partial charge in [0.15, 0.2) is 0 Å². The Morgan fingerprint density at radius 2 is 2.29 bits per heavy atom. The van der Waals surface area contributed by atoms with Crippen LogP contribution in [-0.4, -0.2) is 27.9 Å². The molecule has 126 valence electrons. The Morgan fingerprint density at radius 3 is 3.00 bits per heavy atom. The van der Waals surface area contributed by atoms with Gasteiger partial charge in [-0.2, -0.15) is 11.3 Å². The number of carbonyl (C=O) groups excluding carboxylic acids is 1. The molecule has 0 saturated heterocycles. The van der Waals surface area contributed by atoms with Crippen molar-refractivity contribution in [1.82, 2.24) is 15.1 Å². The van der Waals surface area contributed by atoms with Crippen LogP contribution in [0.25, 0.3) is 0 Å². The molecule has 2 N–H and O–H groups in total. The summed E-state index contributed by atoms with van der Waals surface area (Å²) in [6.45, 7) is 0.387. The van der Waals surface area contributed by atoms with E-state index in [-0.39, 0.29) is 5.91 Å². The van der Waals surface area contributed by atoms with E-state index in [0.717, 1.165) is 15.3 Å². The number of aliphatic hydroxyl groups is 1. The second-order valence-electron chi connectivity index (χ2n) is 5.17. The highest BCUT2D eigenvalue weighted by atomic mass is 32.1. The van der Waals surface area contributed by atoms with Crippen LogP contribution in [0.2, 0.25) is 0 Å². The average molecular weight is 363 g/mol. The van der Waals surface area contributed by atoms with E-state index in [1.807, 2.05) is 29.0 Å². The maximum Gasteiger partial charge on any atom is 0.258 e. The summed E-state index contributed by atoms with van der Waals surface area (Å²) in [6.07, 6.45) is 0.998. The molecule has 3 rings (SSSR count). The lowest BCUT2D eigenvalue weighted by Gasteiger charge is -2.05. The third-order valence-corrected chi connectivity index (χ3v) is 5.31. The van der Waals surface area contributed by atoms with Gasteiger partial charge in [0.05, 0.1) is 13.7 Å². The van der Waals surface area contributed by atoms with Gasteiger partial charge in [0.25, 0.3) is 5.91 Å². The molecule has 0 spiro atoms. The first kappa shape index (κ1) is 16.7. The van der Waals surface area contributed by atoms with Gasteiger partial charge in [-0.15, -0.1) is 16.4 Å². The van der Waals surface area contributed by atoms with Gasteiger partial charge < -0.3 is 15.2 Å². The Kier molecular flexibility index (Phi) is 4.98. The van der Waals surface area contributed by atoms with Gasteiger partial charge in [-0.25, -0.2) is 0 Å². The number of carbonyl (C=O) groups is 1. The van der Waals surface area contributed by atoms with Gasteiger partial charge in [-0.1, -0.05) is 0 Å². The number of hydrogen-bond donors (Lipinski definition) is 2. The highest BCUT2D eigenvalue weighted by Gasteiger charge is 2.17. The SMILES string of the molecule is COc1nn(C)cc1C(=O)NCc1ccc(C(O)c2ccsc2)s1. The van der Waals surface area contributed by atoms with Crippen LogP contribution in [0.3, 0.4) is 0 Å². The molecule has 24 heavy (non-hydrogen) atoms. The van der Waals surface area contributed by atoms with Crippen LogP contribution in [0.4, 0.5) is 0 Å². The van der Waals surface area contributed by atoms with E-state index >= 15 is 0 Å². The first-order chi connectivity index (χ1) is 11.6. The monoisotopic (exact) mass is 363 g/mol. The Labute approximate surface area is 147 Å². The van der Waals surface area contributed by atoms with Crippen LogP contribution >= 0.6 is 22.7 Å². The van der Waals surface area contributed by atoms with Crippen molar-refractivity contribution >= 4 is 28.6 Å². The van der Waals surface area contributed by atoms with Crippen molar-refractivity contribution in [3.05, 3.63) is 56.0 Å². The molecular formula is C16H17N3O3S2. The van der Waals surface area contributed by atoms with Crippen molar-refractivity contribution in [3.63, 3.8) is 0 Å². The number of amides is 1. The van der Waals surface area contributed by atoms with Crippen molar-refractivity contribution in [1.29, 1.82) is 0 Å². The van der Waals surface area contributed by atoms with E-state index in [0.29, 0.717) is 18.0 Å². The van der Waals surface area contributed by atoms with Gasteiger partial charge in [0.1, 0.15) is 11.7 Å². The Hall–Kier alpha value is -2.16. The smallest absolute Gasteiger partial charge is 0.258 e. The quantitative estimate of drug-likeness (QED) is 0.706. The summed E-state index contributed by atoms with van der Waals surface area (Å²) >= 11 is 3.03. The molecule has 3 aromatic heterocycles. The minimum absolute atomic E-state index is 0.242. The second-order valence-corrected chi connectivity index (χ2v) is 7.15.